The van der Waals surface area contributed by atoms with Crippen molar-refractivity contribution in [3.05, 3.63) is 88.9 Å². The number of pyridine rings is 1. The molecule has 0 aliphatic heterocycles. The van der Waals surface area contributed by atoms with Crippen molar-refractivity contribution in [3.8, 4) is 22.8 Å². The average molecular weight is 387 g/mol. The summed E-state index contributed by atoms with van der Waals surface area (Å²) in [4.78, 5) is 27.9. The molecule has 0 fully saturated rings. The highest BCUT2D eigenvalue weighted by Gasteiger charge is 2.11. The lowest BCUT2D eigenvalue weighted by atomic mass is 10.0. The zero-order chi connectivity index (χ0) is 20.2. The molecule has 2 aromatic heterocycles. The molecular formula is C23H17NO5. The number of carbonyl (C=O) groups is 1. The molecule has 0 aliphatic rings. The molecule has 6 heteroatoms. The largest absolute Gasteiger partial charge is 0.462 e. The molecule has 6 nitrogen and oxygen atoms in total. The minimum absolute atomic E-state index is 0.296. The molecule has 0 unspecified atom stereocenters. The maximum absolute atomic E-state index is 12.0. The van der Waals surface area contributed by atoms with Crippen molar-refractivity contribution in [1.82, 2.24) is 4.98 Å². The van der Waals surface area contributed by atoms with Crippen LogP contribution in [0.3, 0.4) is 0 Å². The summed E-state index contributed by atoms with van der Waals surface area (Å²) in [6.07, 6.45) is 1.39. The topological polar surface area (TPSA) is 78.6 Å². The second kappa shape index (κ2) is 7.98. The first-order valence-corrected chi connectivity index (χ1v) is 9.08. The maximum Gasteiger partial charge on any atom is 0.339 e. The molecule has 0 radical (unpaired) electrons. The van der Waals surface area contributed by atoms with Crippen LogP contribution in [0.1, 0.15) is 17.3 Å². The van der Waals surface area contributed by atoms with Gasteiger partial charge in [0, 0.05) is 29.8 Å². The highest BCUT2D eigenvalue weighted by Crippen LogP contribution is 2.30. The van der Waals surface area contributed by atoms with Crippen molar-refractivity contribution in [1.29, 1.82) is 0 Å². The molecule has 2 heterocycles. The number of hydrogen-bond donors (Lipinski definition) is 0. The van der Waals surface area contributed by atoms with Gasteiger partial charge in [0.1, 0.15) is 11.3 Å². The maximum atomic E-state index is 12.0. The van der Waals surface area contributed by atoms with Gasteiger partial charge in [-0.2, -0.15) is 0 Å². The Hall–Kier alpha value is -3.93. The normalized spacial score (nSPS) is 10.7. The van der Waals surface area contributed by atoms with Crippen LogP contribution in [0.5, 0.6) is 11.6 Å². The average Bonchev–Trinajstić information content (AvgIpc) is 2.74. The van der Waals surface area contributed by atoms with Gasteiger partial charge < -0.3 is 13.9 Å². The number of benzene rings is 2. The van der Waals surface area contributed by atoms with E-state index >= 15 is 0 Å². The molecule has 0 aliphatic carbocycles. The van der Waals surface area contributed by atoms with E-state index in [1.165, 1.54) is 12.3 Å². The molecule has 0 atom stereocenters. The van der Waals surface area contributed by atoms with E-state index in [2.05, 4.69) is 4.98 Å². The standard InChI is InChI=1S/C23H17NO5/c1-2-27-23(26)16-8-11-21(24-14-16)28-17-9-10-18-19(15-6-4-3-5-7-15)13-22(25)29-20(18)12-17/h3-14H,2H2,1H3. The summed E-state index contributed by atoms with van der Waals surface area (Å²) in [6.45, 7) is 2.04. The Morgan fingerprint density at radius 3 is 2.59 bits per heavy atom. The number of rotatable bonds is 5. The Kier molecular flexibility index (Phi) is 5.07. The van der Waals surface area contributed by atoms with Crippen LogP contribution in [0.25, 0.3) is 22.1 Å². The minimum Gasteiger partial charge on any atom is -0.462 e. The van der Waals surface area contributed by atoms with Crippen molar-refractivity contribution < 1.29 is 18.7 Å². The Morgan fingerprint density at radius 2 is 1.86 bits per heavy atom. The van der Waals surface area contributed by atoms with Gasteiger partial charge in [0.25, 0.3) is 0 Å². The number of fused-ring (bicyclic) bond motifs is 1. The Labute approximate surface area is 166 Å². The van der Waals surface area contributed by atoms with E-state index in [9.17, 15) is 9.59 Å². The molecule has 0 amide bonds. The van der Waals surface area contributed by atoms with Crippen molar-refractivity contribution >= 4 is 16.9 Å². The van der Waals surface area contributed by atoms with Crippen LogP contribution in [-0.4, -0.2) is 17.6 Å². The first kappa shape index (κ1) is 18.4. The van der Waals surface area contributed by atoms with Crippen LogP contribution in [-0.2, 0) is 4.74 Å². The second-order valence-electron chi connectivity index (χ2n) is 6.21. The zero-order valence-corrected chi connectivity index (χ0v) is 15.6. The molecule has 29 heavy (non-hydrogen) atoms. The van der Waals surface area contributed by atoms with E-state index in [-0.39, 0.29) is 0 Å². The minimum atomic E-state index is -0.439. The second-order valence-corrected chi connectivity index (χ2v) is 6.21. The molecule has 144 valence electrons. The van der Waals surface area contributed by atoms with Crippen LogP contribution in [0.2, 0.25) is 0 Å². The van der Waals surface area contributed by atoms with Gasteiger partial charge in [-0.05, 0) is 36.2 Å². The molecule has 0 saturated carbocycles. The summed E-state index contributed by atoms with van der Waals surface area (Å²) in [5.74, 6) is 0.327. The fourth-order valence-electron chi connectivity index (χ4n) is 2.96. The highest BCUT2D eigenvalue weighted by molar-refractivity contribution is 5.93. The van der Waals surface area contributed by atoms with Crippen LogP contribution < -0.4 is 10.4 Å². The van der Waals surface area contributed by atoms with Gasteiger partial charge in [0.05, 0.1) is 12.2 Å². The van der Waals surface area contributed by atoms with Crippen LogP contribution in [0.4, 0.5) is 0 Å². The third-order valence-corrected chi connectivity index (χ3v) is 4.27. The van der Waals surface area contributed by atoms with Gasteiger partial charge in [-0.3, -0.25) is 0 Å². The molecule has 4 rings (SSSR count). The lowest BCUT2D eigenvalue weighted by molar-refractivity contribution is 0.0526. The van der Waals surface area contributed by atoms with E-state index in [1.807, 2.05) is 36.4 Å². The number of esters is 1. The number of nitrogens with zero attached hydrogens (tertiary/aromatic N) is 1. The summed E-state index contributed by atoms with van der Waals surface area (Å²) in [6, 6.07) is 19.5. The monoisotopic (exact) mass is 387 g/mol. The van der Waals surface area contributed by atoms with Crippen molar-refractivity contribution in [2.75, 3.05) is 6.61 Å². The molecule has 0 saturated heterocycles. The Bertz CT molecular complexity index is 1210. The van der Waals surface area contributed by atoms with Gasteiger partial charge in [-0.25, -0.2) is 14.6 Å². The Morgan fingerprint density at radius 1 is 1.03 bits per heavy atom. The van der Waals surface area contributed by atoms with E-state index in [1.54, 1.807) is 31.2 Å². The first-order valence-electron chi connectivity index (χ1n) is 9.08. The Balaban J connectivity index is 1.64. The van der Waals surface area contributed by atoms with Crippen molar-refractivity contribution in [2.24, 2.45) is 0 Å². The van der Waals surface area contributed by atoms with Gasteiger partial charge >= 0.3 is 11.6 Å². The number of ether oxygens (including phenoxy) is 2. The summed E-state index contributed by atoms with van der Waals surface area (Å²) >= 11 is 0. The van der Waals surface area contributed by atoms with E-state index in [0.29, 0.717) is 29.4 Å². The molecular weight excluding hydrogens is 370 g/mol. The van der Waals surface area contributed by atoms with Gasteiger partial charge in [0.2, 0.25) is 5.88 Å². The van der Waals surface area contributed by atoms with Crippen LogP contribution >= 0.6 is 0 Å². The number of hydrogen-bond acceptors (Lipinski definition) is 6. The number of aromatic nitrogens is 1. The van der Waals surface area contributed by atoms with E-state index in [0.717, 1.165) is 16.5 Å². The van der Waals surface area contributed by atoms with Gasteiger partial charge in [0.15, 0.2) is 0 Å². The lowest BCUT2D eigenvalue weighted by Crippen LogP contribution is -2.04. The van der Waals surface area contributed by atoms with E-state index in [4.69, 9.17) is 13.9 Å². The fraction of sp³-hybridized carbons (Fsp3) is 0.0870. The highest BCUT2D eigenvalue weighted by atomic mass is 16.5. The third-order valence-electron chi connectivity index (χ3n) is 4.27. The summed E-state index contributed by atoms with van der Waals surface area (Å²) in [7, 11) is 0. The molecule has 4 aromatic rings. The van der Waals surface area contributed by atoms with Gasteiger partial charge in [-0.15, -0.1) is 0 Å². The van der Waals surface area contributed by atoms with Crippen molar-refractivity contribution in [3.63, 3.8) is 0 Å². The SMILES string of the molecule is CCOC(=O)c1ccc(Oc2ccc3c(-c4ccccc4)cc(=O)oc3c2)nc1. The summed E-state index contributed by atoms with van der Waals surface area (Å²) < 4.78 is 16.0. The molecule has 0 bridgehead atoms. The smallest absolute Gasteiger partial charge is 0.339 e. The van der Waals surface area contributed by atoms with Crippen LogP contribution in [0.15, 0.2) is 82.1 Å². The van der Waals surface area contributed by atoms with Gasteiger partial charge in [-0.1, -0.05) is 30.3 Å². The van der Waals surface area contributed by atoms with Crippen molar-refractivity contribution in [2.45, 2.75) is 6.92 Å². The molecule has 0 spiro atoms. The number of carbonyl (C=O) groups excluding carboxylic acids is 1. The third kappa shape index (κ3) is 4.01. The lowest BCUT2D eigenvalue weighted by Gasteiger charge is -2.09. The fourth-order valence-corrected chi connectivity index (χ4v) is 2.96. The predicted octanol–water partition coefficient (Wildman–Crippen LogP) is 4.82. The zero-order valence-electron chi connectivity index (χ0n) is 15.6. The predicted molar refractivity (Wildman–Crippen MR) is 108 cm³/mol. The summed E-state index contributed by atoms with van der Waals surface area (Å²) in [5.41, 5.74) is 2.04. The molecule has 2 aromatic carbocycles. The summed E-state index contributed by atoms with van der Waals surface area (Å²) in [5, 5.41) is 0.800. The van der Waals surface area contributed by atoms with E-state index < -0.39 is 11.6 Å². The quantitative estimate of drug-likeness (QED) is 0.361. The van der Waals surface area contributed by atoms with Crippen LogP contribution in [0, 0.1) is 0 Å². The molecule has 0 N–H and O–H groups in total. The first-order chi connectivity index (χ1) is 14.1.